The van der Waals surface area contributed by atoms with Crippen molar-refractivity contribution in [1.29, 1.82) is 0 Å². The van der Waals surface area contributed by atoms with Crippen LogP contribution in [0.2, 0.25) is 5.02 Å². The highest BCUT2D eigenvalue weighted by Crippen LogP contribution is 2.22. The van der Waals surface area contributed by atoms with Crippen LogP contribution < -0.4 is 11.1 Å². The van der Waals surface area contributed by atoms with Gasteiger partial charge in [-0.1, -0.05) is 11.6 Å². The summed E-state index contributed by atoms with van der Waals surface area (Å²) in [6.45, 7) is 0. The van der Waals surface area contributed by atoms with E-state index in [1.54, 1.807) is 12.1 Å². The van der Waals surface area contributed by atoms with Gasteiger partial charge in [-0.2, -0.15) is 0 Å². The van der Waals surface area contributed by atoms with Gasteiger partial charge in [-0.05, 0) is 52.3 Å². The highest BCUT2D eigenvalue weighted by molar-refractivity contribution is 9.10. The molecular weight excluding hydrogens is 335 g/mol. The number of amides is 1. The van der Waals surface area contributed by atoms with Crippen molar-refractivity contribution in [1.82, 2.24) is 0 Å². The van der Waals surface area contributed by atoms with Gasteiger partial charge < -0.3 is 11.1 Å². The molecule has 2 aromatic carbocycles. The first-order valence-corrected chi connectivity index (χ1v) is 6.46. The standard InChI is InChI=1S/C13H9BrClFN2O/c14-9-3-1-7(5-11(9)17)13(19)18-12-4-2-8(15)6-10(12)16/h1-6H,17H2,(H,18,19). The first-order chi connectivity index (χ1) is 8.97. The Kier molecular flexibility index (Phi) is 4.07. The third-order valence-electron chi connectivity index (χ3n) is 2.44. The third kappa shape index (κ3) is 3.24. The lowest BCUT2D eigenvalue weighted by atomic mass is 10.2. The van der Waals surface area contributed by atoms with Gasteiger partial charge in [0, 0.05) is 20.7 Å². The molecule has 0 bridgehead atoms. The van der Waals surface area contributed by atoms with Crippen LogP contribution in [0.1, 0.15) is 10.4 Å². The highest BCUT2D eigenvalue weighted by atomic mass is 79.9. The number of rotatable bonds is 2. The summed E-state index contributed by atoms with van der Waals surface area (Å²) in [7, 11) is 0. The van der Waals surface area contributed by atoms with Gasteiger partial charge in [0.1, 0.15) is 5.82 Å². The van der Waals surface area contributed by atoms with Crippen molar-refractivity contribution in [3.8, 4) is 0 Å². The molecule has 0 radical (unpaired) electrons. The molecule has 0 atom stereocenters. The largest absolute Gasteiger partial charge is 0.398 e. The molecule has 0 aliphatic heterocycles. The van der Waals surface area contributed by atoms with E-state index in [-0.39, 0.29) is 10.7 Å². The lowest BCUT2D eigenvalue weighted by Crippen LogP contribution is -2.13. The predicted molar refractivity (Wildman–Crippen MR) is 77.9 cm³/mol. The summed E-state index contributed by atoms with van der Waals surface area (Å²) in [5, 5.41) is 2.72. The average molecular weight is 344 g/mol. The molecule has 6 heteroatoms. The fourth-order valence-corrected chi connectivity index (χ4v) is 1.88. The van der Waals surface area contributed by atoms with Crippen LogP contribution in [-0.2, 0) is 0 Å². The third-order valence-corrected chi connectivity index (χ3v) is 3.39. The molecule has 0 unspecified atom stereocenters. The number of anilines is 2. The molecule has 98 valence electrons. The number of hydrogen-bond acceptors (Lipinski definition) is 2. The van der Waals surface area contributed by atoms with Crippen LogP contribution in [0.15, 0.2) is 40.9 Å². The Morgan fingerprint density at radius 2 is 2.00 bits per heavy atom. The second-order valence-corrected chi connectivity index (χ2v) is 5.11. The van der Waals surface area contributed by atoms with Gasteiger partial charge in [0.05, 0.1) is 5.69 Å². The van der Waals surface area contributed by atoms with E-state index in [1.807, 2.05) is 0 Å². The van der Waals surface area contributed by atoms with Crippen LogP contribution >= 0.6 is 27.5 Å². The summed E-state index contributed by atoms with van der Waals surface area (Å²) in [6.07, 6.45) is 0. The Hall–Kier alpha value is -1.59. The van der Waals surface area contributed by atoms with Crippen LogP contribution in [0.4, 0.5) is 15.8 Å². The van der Waals surface area contributed by atoms with Gasteiger partial charge in [0.25, 0.3) is 5.91 Å². The number of carbonyl (C=O) groups excluding carboxylic acids is 1. The molecule has 1 amide bonds. The Labute approximate surface area is 122 Å². The minimum absolute atomic E-state index is 0.0656. The molecule has 0 spiro atoms. The van der Waals surface area contributed by atoms with Gasteiger partial charge >= 0.3 is 0 Å². The number of nitrogen functional groups attached to an aromatic ring is 1. The molecule has 2 rings (SSSR count). The summed E-state index contributed by atoms with van der Waals surface area (Å²) < 4.78 is 14.2. The van der Waals surface area contributed by atoms with Crippen molar-refractivity contribution in [2.75, 3.05) is 11.1 Å². The summed E-state index contributed by atoms with van der Waals surface area (Å²) >= 11 is 8.87. The van der Waals surface area contributed by atoms with E-state index in [0.717, 1.165) is 6.07 Å². The number of benzene rings is 2. The summed E-state index contributed by atoms with van der Waals surface area (Å²) in [6, 6.07) is 8.78. The zero-order valence-electron chi connectivity index (χ0n) is 9.58. The number of nitrogens with two attached hydrogens (primary N) is 1. The van der Waals surface area contributed by atoms with Gasteiger partial charge in [-0.15, -0.1) is 0 Å². The predicted octanol–water partition coefficient (Wildman–Crippen LogP) is 4.08. The molecule has 0 saturated heterocycles. The molecule has 0 aliphatic carbocycles. The van der Waals surface area contributed by atoms with Crippen LogP contribution in [0, 0.1) is 5.82 Å². The highest BCUT2D eigenvalue weighted by Gasteiger charge is 2.10. The number of halogens is 3. The number of hydrogen-bond donors (Lipinski definition) is 2. The minimum Gasteiger partial charge on any atom is -0.398 e. The summed E-state index contributed by atoms with van der Waals surface area (Å²) in [4.78, 5) is 11.9. The van der Waals surface area contributed by atoms with E-state index in [2.05, 4.69) is 21.2 Å². The van der Waals surface area contributed by atoms with E-state index in [9.17, 15) is 9.18 Å². The first kappa shape index (κ1) is 13.8. The Balaban J connectivity index is 2.23. The fraction of sp³-hybridized carbons (Fsp3) is 0. The molecule has 0 aliphatic rings. The van der Waals surface area contributed by atoms with E-state index in [1.165, 1.54) is 18.2 Å². The number of nitrogens with one attached hydrogen (secondary N) is 1. The van der Waals surface area contributed by atoms with Crippen molar-refractivity contribution in [2.45, 2.75) is 0 Å². The molecule has 19 heavy (non-hydrogen) atoms. The lowest BCUT2D eigenvalue weighted by molar-refractivity contribution is 0.102. The smallest absolute Gasteiger partial charge is 0.255 e. The lowest BCUT2D eigenvalue weighted by Gasteiger charge is -2.07. The average Bonchev–Trinajstić information content (AvgIpc) is 2.36. The summed E-state index contributed by atoms with van der Waals surface area (Å²) in [5.74, 6) is -1.04. The normalized spacial score (nSPS) is 10.3. The minimum atomic E-state index is -0.592. The maximum absolute atomic E-state index is 13.5. The first-order valence-electron chi connectivity index (χ1n) is 5.29. The van der Waals surface area contributed by atoms with Crippen molar-refractivity contribution in [2.24, 2.45) is 0 Å². The van der Waals surface area contributed by atoms with E-state index in [4.69, 9.17) is 17.3 Å². The van der Waals surface area contributed by atoms with Crippen LogP contribution in [0.25, 0.3) is 0 Å². The second-order valence-electron chi connectivity index (χ2n) is 3.81. The SMILES string of the molecule is Nc1cc(C(=O)Nc2ccc(Cl)cc2F)ccc1Br. The van der Waals surface area contributed by atoms with E-state index < -0.39 is 11.7 Å². The van der Waals surface area contributed by atoms with E-state index >= 15 is 0 Å². The zero-order valence-corrected chi connectivity index (χ0v) is 11.9. The van der Waals surface area contributed by atoms with Gasteiger partial charge in [-0.3, -0.25) is 4.79 Å². The topological polar surface area (TPSA) is 55.1 Å². The van der Waals surface area contributed by atoms with Crippen molar-refractivity contribution >= 4 is 44.8 Å². The molecule has 0 fully saturated rings. The Morgan fingerprint density at radius 1 is 1.26 bits per heavy atom. The molecule has 0 heterocycles. The molecule has 2 aromatic rings. The van der Waals surface area contributed by atoms with Crippen molar-refractivity contribution < 1.29 is 9.18 Å². The van der Waals surface area contributed by atoms with Gasteiger partial charge in [0.15, 0.2) is 0 Å². The molecule has 0 aromatic heterocycles. The Bertz CT molecular complexity index is 649. The van der Waals surface area contributed by atoms with Gasteiger partial charge in [-0.25, -0.2) is 4.39 Å². The Morgan fingerprint density at radius 3 is 2.63 bits per heavy atom. The quantitative estimate of drug-likeness (QED) is 0.807. The zero-order chi connectivity index (χ0) is 14.0. The van der Waals surface area contributed by atoms with Crippen LogP contribution in [0.3, 0.4) is 0 Å². The van der Waals surface area contributed by atoms with Gasteiger partial charge in [0.2, 0.25) is 0 Å². The van der Waals surface area contributed by atoms with Crippen LogP contribution in [-0.4, -0.2) is 5.91 Å². The van der Waals surface area contributed by atoms with E-state index in [0.29, 0.717) is 15.7 Å². The van der Waals surface area contributed by atoms with Crippen molar-refractivity contribution in [3.05, 3.63) is 57.3 Å². The monoisotopic (exact) mass is 342 g/mol. The molecule has 0 saturated carbocycles. The fourth-order valence-electron chi connectivity index (χ4n) is 1.47. The van der Waals surface area contributed by atoms with Crippen molar-refractivity contribution in [3.63, 3.8) is 0 Å². The second kappa shape index (κ2) is 5.59. The maximum atomic E-state index is 13.5. The maximum Gasteiger partial charge on any atom is 0.255 e. The molecule has 3 nitrogen and oxygen atoms in total. The molecule has 3 N–H and O–H groups in total. The number of carbonyl (C=O) groups is 1. The summed E-state index contributed by atoms with van der Waals surface area (Å²) in [5.41, 5.74) is 6.53. The van der Waals surface area contributed by atoms with Crippen LogP contribution in [0.5, 0.6) is 0 Å². The molecular formula is C13H9BrClFN2O.